The van der Waals surface area contributed by atoms with Crippen LogP contribution >= 0.6 is 0 Å². The van der Waals surface area contributed by atoms with Gasteiger partial charge in [0.2, 0.25) is 0 Å². The maximum atomic E-state index is 12.0. The number of hydrogen-bond donors (Lipinski definition) is 0. The van der Waals surface area contributed by atoms with Gasteiger partial charge in [0.05, 0.1) is 0 Å². The highest BCUT2D eigenvalue weighted by Crippen LogP contribution is 2.25. The highest BCUT2D eigenvalue weighted by Gasteiger charge is 2.26. The summed E-state index contributed by atoms with van der Waals surface area (Å²) in [6, 6.07) is 0.404. The summed E-state index contributed by atoms with van der Waals surface area (Å²) in [5.74, 6) is 0. The van der Waals surface area contributed by atoms with Crippen LogP contribution in [0, 0.1) is 0 Å². The highest BCUT2D eigenvalue weighted by atomic mass is 32.2. The summed E-state index contributed by atoms with van der Waals surface area (Å²) < 4.78 is 25.9. The predicted molar refractivity (Wildman–Crippen MR) is 106 cm³/mol. The molecule has 0 saturated carbocycles. The van der Waals surface area contributed by atoms with Gasteiger partial charge in [-0.15, -0.1) is 0 Å². The first-order chi connectivity index (χ1) is 11.6. The van der Waals surface area contributed by atoms with E-state index in [1.807, 2.05) is 4.31 Å². The second kappa shape index (κ2) is 16.5. The molecule has 0 bridgehead atoms. The van der Waals surface area contributed by atoms with Crippen molar-refractivity contribution in [3.63, 3.8) is 0 Å². The van der Waals surface area contributed by atoms with E-state index in [4.69, 9.17) is 0 Å². The molecule has 146 valence electrons. The minimum atomic E-state index is -2.10. The summed E-state index contributed by atoms with van der Waals surface area (Å²) in [6.45, 7) is 8.77. The van der Waals surface area contributed by atoms with Crippen LogP contribution in [0.5, 0.6) is 0 Å². The van der Waals surface area contributed by atoms with E-state index in [1.54, 1.807) is 0 Å². The van der Waals surface area contributed by atoms with E-state index in [2.05, 4.69) is 27.7 Å². The average Bonchev–Trinajstić information content (AvgIpc) is 2.55. The van der Waals surface area contributed by atoms with Gasteiger partial charge in [-0.05, 0) is 25.7 Å². The van der Waals surface area contributed by atoms with Gasteiger partial charge >= 0.3 is 0 Å². The van der Waals surface area contributed by atoms with E-state index < -0.39 is 11.3 Å². The molecule has 0 rings (SSSR count). The molecule has 0 aromatic heterocycles. The standard InChI is InChI=1S/C20H43NO2S/c1-5-9-11-13-17-19(15-7-3)21(24(22)23)20(16-8-4)18-14-12-10-6-2/h19-20H,5-18H2,1-4H3,(H,22,23)/p-1. The smallest absolute Gasteiger partial charge is 0.0218 e. The first-order valence-corrected chi connectivity index (χ1v) is 11.5. The fourth-order valence-electron chi connectivity index (χ4n) is 3.62. The molecule has 0 aromatic rings. The second-order valence-corrected chi connectivity index (χ2v) is 8.02. The van der Waals surface area contributed by atoms with Crippen LogP contribution in [-0.2, 0) is 11.3 Å². The van der Waals surface area contributed by atoms with Gasteiger partial charge in [-0.3, -0.25) is 4.21 Å². The summed E-state index contributed by atoms with van der Waals surface area (Å²) in [7, 11) is 0. The molecule has 0 spiro atoms. The molecule has 0 aromatic carbocycles. The number of unbranched alkanes of at least 4 members (excludes halogenated alkanes) is 6. The van der Waals surface area contributed by atoms with Gasteiger partial charge in [0.25, 0.3) is 0 Å². The van der Waals surface area contributed by atoms with Crippen molar-refractivity contribution in [1.29, 1.82) is 0 Å². The lowest BCUT2D eigenvalue weighted by molar-refractivity contribution is 0.194. The Labute approximate surface area is 154 Å². The maximum Gasteiger partial charge on any atom is 0.0218 e. The molecule has 0 fully saturated rings. The molecule has 3 atom stereocenters. The van der Waals surface area contributed by atoms with E-state index in [9.17, 15) is 8.76 Å². The Morgan fingerprint density at radius 2 is 1.08 bits per heavy atom. The van der Waals surface area contributed by atoms with Gasteiger partial charge in [-0.2, -0.15) is 0 Å². The Hall–Kier alpha value is 0.0700. The SMILES string of the molecule is CCCCCCC(CCC)N(C(CCC)CCCCCC)S(=O)[O-]. The van der Waals surface area contributed by atoms with Gasteiger partial charge in [-0.1, -0.05) is 91.9 Å². The normalized spacial score (nSPS) is 15.6. The van der Waals surface area contributed by atoms with Gasteiger partial charge in [0.1, 0.15) is 0 Å². The summed E-state index contributed by atoms with van der Waals surface area (Å²) in [4.78, 5) is 0. The van der Waals surface area contributed by atoms with Gasteiger partial charge in [-0.25, -0.2) is 4.31 Å². The van der Waals surface area contributed by atoms with Gasteiger partial charge in [0, 0.05) is 23.4 Å². The van der Waals surface area contributed by atoms with Crippen LogP contribution in [0.1, 0.15) is 118 Å². The number of rotatable bonds is 17. The first-order valence-electron chi connectivity index (χ1n) is 10.5. The first kappa shape index (κ1) is 24.1. The second-order valence-electron chi connectivity index (χ2n) is 7.16. The topological polar surface area (TPSA) is 43.4 Å². The summed E-state index contributed by atoms with van der Waals surface area (Å²) in [6.07, 6.45) is 15.9. The quantitative estimate of drug-likeness (QED) is 0.224. The zero-order valence-electron chi connectivity index (χ0n) is 16.7. The molecular weight excluding hydrogens is 318 g/mol. The van der Waals surface area contributed by atoms with Gasteiger partial charge in [0.15, 0.2) is 0 Å². The molecular formula is C20H42NO2S-. The average molecular weight is 361 g/mol. The zero-order valence-corrected chi connectivity index (χ0v) is 17.5. The van der Waals surface area contributed by atoms with Crippen molar-refractivity contribution in [3.8, 4) is 0 Å². The fourth-order valence-corrected chi connectivity index (χ4v) is 4.53. The van der Waals surface area contributed by atoms with Crippen molar-refractivity contribution in [2.75, 3.05) is 0 Å². The van der Waals surface area contributed by atoms with Crippen LogP contribution in [-0.4, -0.2) is 25.2 Å². The lowest BCUT2D eigenvalue weighted by Crippen LogP contribution is -2.44. The molecule has 4 heteroatoms. The lowest BCUT2D eigenvalue weighted by Gasteiger charge is -2.39. The van der Waals surface area contributed by atoms with Crippen LogP contribution in [0.25, 0.3) is 0 Å². The Balaban J connectivity index is 4.84. The lowest BCUT2D eigenvalue weighted by atomic mass is 9.98. The highest BCUT2D eigenvalue weighted by molar-refractivity contribution is 7.76. The molecule has 0 aliphatic heterocycles. The molecule has 0 saturated heterocycles. The van der Waals surface area contributed by atoms with Crippen LogP contribution in [0.4, 0.5) is 0 Å². The van der Waals surface area contributed by atoms with Crippen LogP contribution in [0.3, 0.4) is 0 Å². The third kappa shape index (κ3) is 10.8. The Morgan fingerprint density at radius 3 is 1.38 bits per heavy atom. The van der Waals surface area contributed by atoms with Gasteiger partial charge < -0.3 is 4.55 Å². The molecule has 24 heavy (non-hydrogen) atoms. The minimum Gasteiger partial charge on any atom is -0.760 e. The Bertz CT molecular complexity index is 277. The van der Waals surface area contributed by atoms with Crippen molar-refractivity contribution in [3.05, 3.63) is 0 Å². The fraction of sp³-hybridized carbons (Fsp3) is 1.00. The predicted octanol–water partition coefficient (Wildman–Crippen LogP) is 6.36. The molecule has 0 heterocycles. The van der Waals surface area contributed by atoms with Crippen molar-refractivity contribution >= 4 is 11.3 Å². The summed E-state index contributed by atoms with van der Waals surface area (Å²) in [5.41, 5.74) is 0. The van der Waals surface area contributed by atoms with E-state index in [1.165, 1.54) is 38.5 Å². The Kier molecular flexibility index (Phi) is 16.6. The largest absolute Gasteiger partial charge is 0.760 e. The zero-order chi connectivity index (χ0) is 18.2. The van der Waals surface area contributed by atoms with E-state index in [0.29, 0.717) is 0 Å². The molecule has 3 unspecified atom stereocenters. The molecule has 0 radical (unpaired) electrons. The number of hydrogen-bond acceptors (Lipinski definition) is 2. The monoisotopic (exact) mass is 360 g/mol. The van der Waals surface area contributed by atoms with Crippen molar-refractivity contribution in [2.45, 2.75) is 130 Å². The van der Waals surface area contributed by atoms with Crippen LogP contribution < -0.4 is 0 Å². The maximum absolute atomic E-state index is 12.0. The van der Waals surface area contributed by atoms with Crippen molar-refractivity contribution < 1.29 is 8.76 Å². The van der Waals surface area contributed by atoms with Crippen LogP contribution in [0.15, 0.2) is 0 Å². The van der Waals surface area contributed by atoms with E-state index in [0.717, 1.165) is 51.4 Å². The van der Waals surface area contributed by atoms with Crippen LogP contribution in [0.2, 0.25) is 0 Å². The third-order valence-corrected chi connectivity index (χ3v) is 5.86. The molecule has 0 aliphatic carbocycles. The minimum absolute atomic E-state index is 0.202. The van der Waals surface area contributed by atoms with Crippen molar-refractivity contribution in [2.24, 2.45) is 0 Å². The van der Waals surface area contributed by atoms with E-state index in [-0.39, 0.29) is 12.1 Å². The molecule has 3 nitrogen and oxygen atoms in total. The Morgan fingerprint density at radius 1 is 0.667 bits per heavy atom. The summed E-state index contributed by atoms with van der Waals surface area (Å²) >= 11 is -2.10. The molecule has 0 aliphatic rings. The number of nitrogens with zero attached hydrogens (tertiary/aromatic N) is 1. The summed E-state index contributed by atoms with van der Waals surface area (Å²) in [5, 5.41) is 0. The molecule has 0 amide bonds. The van der Waals surface area contributed by atoms with Crippen molar-refractivity contribution in [1.82, 2.24) is 4.31 Å². The molecule has 0 N–H and O–H groups in total. The third-order valence-electron chi connectivity index (χ3n) is 4.92. The van der Waals surface area contributed by atoms with E-state index >= 15 is 0 Å².